The molecule has 1 atom stereocenters. The molecule has 2 aliphatic heterocycles. The first-order valence-electron chi connectivity index (χ1n) is 9.85. The lowest BCUT2D eigenvalue weighted by molar-refractivity contribution is -0.0383. The fourth-order valence-corrected chi connectivity index (χ4v) is 3.95. The van der Waals surface area contributed by atoms with Crippen LogP contribution in [0.2, 0.25) is 0 Å². The Kier molecular flexibility index (Phi) is 4.58. The molecule has 2 fully saturated rings. The van der Waals surface area contributed by atoms with Crippen LogP contribution < -0.4 is 10.6 Å². The molecule has 28 heavy (non-hydrogen) atoms. The Morgan fingerprint density at radius 2 is 1.96 bits per heavy atom. The highest BCUT2D eigenvalue weighted by atomic mass is 16.5. The zero-order valence-electron chi connectivity index (χ0n) is 15.8. The lowest BCUT2D eigenvalue weighted by atomic mass is 10.1. The highest BCUT2D eigenvalue weighted by Gasteiger charge is 2.23. The average molecular weight is 380 g/mol. The van der Waals surface area contributed by atoms with E-state index in [-0.39, 0.29) is 6.23 Å². The lowest BCUT2D eigenvalue weighted by Crippen LogP contribution is -2.36. The molecule has 0 saturated carbocycles. The molecule has 0 radical (unpaired) electrons. The predicted octanol–water partition coefficient (Wildman–Crippen LogP) is 2.61. The van der Waals surface area contributed by atoms with Crippen LogP contribution in [0.5, 0.6) is 0 Å². The van der Waals surface area contributed by atoms with Crippen molar-refractivity contribution in [3.63, 3.8) is 0 Å². The van der Waals surface area contributed by atoms with Gasteiger partial charge in [0.25, 0.3) is 0 Å². The molecular weight excluding hydrogens is 356 g/mol. The molecule has 2 saturated heterocycles. The summed E-state index contributed by atoms with van der Waals surface area (Å²) in [6.07, 6.45) is 6.70. The maximum absolute atomic E-state index is 6.39. The summed E-state index contributed by atoms with van der Waals surface area (Å²) in [6.45, 7) is 3.78. The van der Waals surface area contributed by atoms with E-state index < -0.39 is 0 Å². The number of anilines is 2. The van der Waals surface area contributed by atoms with E-state index in [1.54, 1.807) is 12.4 Å². The molecule has 2 N–H and O–H groups in total. The first-order valence-corrected chi connectivity index (χ1v) is 9.85. The first kappa shape index (κ1) is 17.4. The Bertz CT molecular complexity index is 976. The van der Waals surface area contributed by atoms with E-state index in [0.29, 0.717) is 18.9 Å². The average Bonchev–Trinajstić information content (AvgIpc) is 3.24. The van der Waals surface area contributed by atoms with Crippen molar-refractivity contribution in [1.82, 2.24) is 19.7 Å². The second-order valence-electron chi connectivity index (χ2n) is 7.21. The number of nitrogen functional groups attached to an aromatic ring is 1. The summed E-state index contributed by atoms with van der Waals surface area (Å²) >= 11 is 0. The van der Waals surface area contributed by atoms with Gasteiger partial charge in [0.15, 0.2) is 6.23 Å². The number of nitrogens with zero attached hydrogens (tertiary/aromatic N) is 5. The molecule has 3 aromatic heterocycles. The molecular formula is C20H24N6O2. The van der Waals surface area contributed by atoms with E-state index >= 15 is 0 Å². The SMILES string of the molecule is Nc1cc(N2CCOCC2)nc2c(-c3ccnn3C3CCCCO3)nccc12. The Balaban J connectivity index is 1.62. The number of fused-ring (bicyclic) bond motifs is 1. The Morgan fingerprint density at radius 3 is 2.79 bits per heavy atom. The van der Waals surface area contributed by atoms with Crippen molar-refractivity contribution in [2.75, 3.05) is 43.5 Å². The molecule has 5 heterocycles. The quantitative estimate of drug-likeness (QED) is 0.747. The predicted molar refractivity (Wildman–Crippen MR) is 107 cm³/mol. The number of hydrogen-bond acceptors (Lipinski definition) is 7. The standard InChI is InChI=1S/C20H24N6O2/c21-15-13-17(25-8-11-27-12-9-25)24-19-14(15)4-6-22-20(19)16-5-7-23-26(16)18-3-1-2-10-28-18/h4-7,13,18H,1-3,8-12H2,(H2,21,24). The van der Waals surface area contributed by atoms with Gasteiger partial charge in [0, 0.05) is 49.2 Å². The second kappa shape index (κ2) is 7.37. The zero-order valence-corrected chi connectivity index (χ0v) is 15.8. The maximum atomic E-state index is 6.39. The van der Waals surface area contributed by atoms with Crippen LogP contribution in [0.25, 0.3) is 22.3 Å². The van der Waals surface area contributed by atoms with Crippen LogP contribution in [0, 0.1) is 0 Å². The van der Waals surface area contributed by atoms with E-state index in [1.165, 1.54) is 0 Å². The third kappa shape index (κ3) is 3.08. The van der Waals surface area contributed by atoms with Gasteiger partial charge in [-0.2, -0.15) is 5.10 Å². The fourth-order valence-electron chi connectivity index (χ4n) is 3.95. The van der Waals surface area contributed by atoms with Gasteiger partial charge in [0.2, 0.25) is 0 Å². The molecule has 3 aromatic rings. The van der Waals surface area contributed by atoms with Crippen LogP contribution in [0.15, 0.2) is 30.6 Å². The van der Waals surface area contributed by atoms with Crippen molar-refractivity contribution < 1.29 is 9.47 Å². The second-order valence-corrected chi connectivity index (χ2v) is 7.21. The Hall–Kier alpha value is -2.71. The van der Waals surface area contributed by atoms with Gasteiger partial charge in [-0.1, -0.05) is 0 Å². The summed E-state index contributed by atoms with van der Waals surface area (Å²) in [7, 11) is 0. The normalized spacial score (nSPS) is 20.6. The summed E-state index contributed by atoms with van der Waals surface area (Å²) in [5.74, 6) is 0.863. The monoisotopic (exact) mass is 380 g/mol. The van der Waals surface area contributed by atoms with Crippen molar-refractivity contribution in [3.05, 3.63) is 30.6 Å². The van der Waals surface area contributed by atoms with E-state index in [2.05, 4.69) is 15.0 Å². The summed E-state index contributed by atoms with van der Waals surface area (Å²) in [6, 6.07) is 5.83. The third-order valence-corrected chi connectivity index (χ3v) is 5.42. The molecule has 0 bridgehead atoms. The minimum atomic E-state index is -0.0596. The summed E-state index contributed by atoms with van der Waals surface area (Å²) in [4.78, 5) is 11.8. The summed E-state index contributed by atoms with van der Waals surface area (Å²) < 4.78 is 13.3. The Labute approximate surface area is 163 Å². The highest BCUT2D eigenvalue weighted by Crippen LogP contribution is 2.33. The molecule has 0 spiro atoms. The van der Waals surface area contributed by atoms with Crippen molar-refractivity contribution in [1.29, 1.82) is 0 Å². The van der Waals surface area contributed by atoms with E-state index in [4.69, 9.17) is 20.2 Å². The van der Waals surface area contributed by atoms with Gasteiger partial charge in [0.1, 0.15) is 17.0 Å². The number of aromatic nitrogens is 4. The fraction of sp³-hybridized carbons (Fsp3) is 0.450. The largest absolute Gasteiger partial charge is 0.398 e. The zero-order chi connectivity index (χ0) is 18.9. The molecule has 2 aliphatic rings. The maximum Gasteiger partial charge on any atom is 0.150 e. The number of pyridine rings is 2. The van der Waals surface area contributed by atoms with Gasteiger partial charge < -0.3 is 20.1 Å². The number of nitrogens with two attached hydrogens (primary N) is 1. The number of morpholine rings is 1. The van der Waals surface area contributed by atoms with Crippen molar-refractivity contribution >= 4 is 22.4 Å². The Morgan fingerprint density at radius 1 is 1.07 bits per heavy atom. The van der Waals surface area contributed by atoms with Crippen LogP contribution in [0.4, 0.5) is 11.5 Å². The van der Waals surface area contributed by atoms with Crippen molar-refractivity contribution in [3.8, 4) is 11.4 Å². The first-order chi connectivity index (χ1) is 13.8. The van der Waals surface area contributed by atoms with E-state index in [1.807, 2.05) is 22.9 Å². The van der Waals surface area contributed by atoms with Crippen LogP contribution in [-0.2, 0) is 9.47 Å². The van der Waals surface area contributed by atoms with Crippen LogP contribution in [0.1, 0.15) is 25.5 Å². The van der Waals surface area contributed by atoms with Crippen LogP contribution in [0.3, 0.4) is 0 Å². The summed E-state index contributed by atoms with van der Waals surface area (Å²) in [5, 5.41) is 5.43. The molecule has 0 amide bonds. The lowest BCUT2D eigenvalue weighted by Gasteiger charge is -2.28. The van der Waals surface area contributed by atoms with Gasteiger partial charge in [-0.25, -0.2) is 9.67 Å². The van der Waals surface area contributed by atoms with Crippen LogP contribution in [-0.4, -0.2) is 52.7 Å². The van der Waals surface area contributed by atoms with Gasteiger partial charge in [0.05, 0.1) is 18.9 Å². The van der Waals surface area contributed by atoms with Gasteiger partial charge in [-0.3, -0.25) is 4.98 Å². The molecule has 0 aliphatic carbocycles. The minimum absolute atomic E-state index is 0.0596. The molecule has 8 heteroatoms. The van der Waals surface area contributed by atoms with Crippen molar-refractivity contribution in [2.24, 2.45) is 0 Å². The molecule has 5 rings (SSSR count). The summed E-state index contributed by atoms with van der Waals surface area (Å²) in [5.41, 5.74) is 9.58. The van der Waals surface area contributed by atoms with E-state index in [9.17, 15) is 0 Å². The van der Waals surface area contributed by atoms with Crippen LogP contribution >= 0.6 is 0 Å². The highest BCUT2D eigenvalue weighted by molar-refractivity contribution is 5.98. The van der Waals surface area contributed by atoms with Gasteiger partial charge in [-0.15, -0.1) is 0 Å². The van der Waals surface area contributed by atoms with E-state index in [0.717, 1.165) is 67.1 Å². The third-order valence-electron chi connectivity index (χ3n) is 5.42. The topological polar surface area (TPSA) is 91.3 Å². The van der Waals surface area contributed by atoms with Gasteiger partial charge >= 0.3 is 0 Å². The number of hydrogen-bond donors (Lipinski definition) is 1. The minimum Gasteiger partial charge on any atom is -0.398 e. The van der Waals surface area contributed by atoms with Gasteiger partial charge in [-0.05, 0) is 31.4 Å². The number of ether oxygens (including phenoxy) is 2. The van der Waals surface area contributed by atoms with Crippen molar-refractivity contribution in [2.45, 2.75) is 25.5 Å². The molecule has 8 nitrogen and oxygen atoms in total. The molecule has 146 valence electrons. The smallest absolute Gasteiger partial charge is 0.150 e. The number of rotatable bonds is 3. The molecule has 1 unspecified atom stereocenters. The molecule has 0 aromatic carbocycles.